The van der Waals surface area contributed by atoms with Crippen LogP contribution in [0.4, 0.5) is 10.1 Å². The first-order valence-electron chi connectivity index (χ1n) is 6.15. The Morgan fingerprint density at radius 1 is 1.45 bits per heavy atom. The second kappa shape index (κ2) is 5.38. The van der Waals surface area contributed by atoms with E-state index in [2.05, 4.69) is 9.97 Å². The van der Waals surface area contributed by atoms with Crippen LogP contribution in [-0.2, 0) is 0 Å². The number of nitrogens with zero attached hydrogens (tertiary/aromatic N) is 2. The maximum atomic E-state index is 13.3. The minimum absolute atomic E-state index is 0.205. The first-order valence-corrected chi connectivity index (χ1v) is 6.15. The molecule has 20 heavy (non-hydrogen) atoms. The lowest BCUT2D eigenvalue weighted by Crippen LogP contribution is -2.18. The van der Waals surface area contributed by atoms with Gasteiger partial charge in [-0.25, -0.2) is 4.98 Å². The van der Waals surface area contributed by atoms with Crippen LogP contribution in [0.3, 0.4) is 0 Å². The van der Waals surface area contributed by atoms with Gasteiger partial charge in [-0.05, 0) is 18.1 Å². The van der Waals surface area contributed by atoms with Crippen LogP contribution in [0.5, 0.6) is 0 Å². The van der Waals surface area contributed by atoms with Crippen molar-refractivity contribution in [1.29, 1.82) is 0 Å². The van der Waals surface area contributed by atoms with Crippen molar-refractivity contribution in [2.45, 2.75) is 19.9 Å². The highest BCUT2D eigenvalue weighted by Gasteiger charge is 2.18. The monoisotopic (exact) mass is 278 g/mol. The fraction of sp³-hybridized carbons (Fsp3) is 0.308. The third kappa shape index (κ3) is 2.67. The summed E-state index contributed by atoms with van der Waals surface area (Å²) in [7, 11) is 0. The van der Waals surface area contributed by atoms with Gasteiger partial charge in [0.2, 0.25) is 5.82 Å². The Morgan fingerprint density at radius 2 is 2.15 bits per heavy atom. The molecule has 0 aliphatic carbocycles. The zero-order valence-electron chi connectivity index (χ0n) is 11.1. The van der Waals surface area contributed by atoms with E-state index in [1.165, 1.54) is 18.3 Å². The van der Waals surface area contributed by atoms with Crippen molar-refractivity contribution >= 4 is 5.69 Å². The highest BCUT2D eigenvalue weighted by atomic mass is 19.1. The van der Waals surface area contributed by atoms with E-state index in [9.17, 15) is 14.5 Å². The molecule has 0 radical (unpaired) electrons. The minimum Gasteiger partial charge on any atom is -0.341 e. The van der Waals surface area contributed by atoms with Crippen LogP contribution >= 0.6 is 0 Å². The highest BCUT2D eigenvalue weighted by molar-refractivity contribution is 5.62. The number of nitrogens with one attached hydrogen (secondary N) is 1. The van der Waals surface area contributed by atoms with Gasteiger partial charge < -0.3 is 10.7 Å². The van der Waals surface area contributed by atoms with Crippen LogP contribution in [0.2, 0.25) is 0 Å². The Balaban J connectivity index is 2.38. The number of hydrogen-bond donors (Lipinski definition) is 2. The number of nitro groups is 1. The van der Waals surface area contributed by atoms with Gasteiger partial charge in [-0.3, -0.25) is 10.1 Å². The van der Waals surface area contributed by atoms with Gasteiger partial charge in [0.15, 0.2) is 0 Å². The molecule has 0 fully saturated rings. The summed E-state index contributed by atoms with van der Waals surface area (Å²) < 4.78 is 13.3. The van der Waals surface area contributed by atoms with Gasteiger partial charge in [0.1, 0.15) is 5.82 Å². The maximum absolute atomic E-state index is 13.3. The summed E-state index contributed by atoms with van der Waals surface area (Å²) in [5.74, 6) is -0.0593. The van der Waals surface area contributed by atoms with Crippen molar-refractivity contribution in [3.05, 3.63) is 46.2 Å². The van der Waals surface area contributed by atoms with E-state index in [0.29, 0.717) is 17.1 Å². The molecule has 0 bridgehead atoms. The Kier molecular flexibility index (Phi) is 3.80. The van der Waals surface area contributed by atoms with Crippen molar-refractivity contribution in [3.8, 4) is 11.3 Å². The molecular weight excluding hydrogens is 263 g/mol. The molecule has 2 rings (SSSR count). The molecule has 1 heterocycles. The van der Waals surface area contributed by atoms with Crippen molar-refractivity contribution in [1.82, 2.24) is 9.97 Å². The summed E-state index contributed by atoms with van der Waals surface area (Å²) in [6.45, 7) is 3.94. The molecule has 1 aromatic heterocycles. The molecule has 106 valence electrons. The largest absolute Gasteiger partial charge is 0.341 e. The number of hydrogen-bond acceptors (Lipinski definition) is 4. The molecule has 2 aromatic rings. The number of nitrogens with two attached hydrogens (primary N) is 1. The Hall–Kier alpha value is -2.28. The van der Waals surface area contributed by atoms with Gasteiger partial charge in [0.25, 0.3) is 0 Å². The molecule has 1 aromatic carbocycles. The predicted molar refractivity (Wildman–Crippen MR) is 72.4 cm³/mol. The fourth-order valence-corrected chi connectivity index (χ4v) is 1.79. The topological polar surface area (TPSA) is 97.8 Å². The average molecular weight is 278 g/mol. The zero-order chi connectivity index (χ0) is 14.9. The van der Waals surface area contributed by atoms with Gasteiger partial charge in [0.05, 0.1) is 22.9 Å². The van der Waals surface area contributed by atoms with Crippen LogP contribution in [0.1, 0.15) is 25.7 Å². The molecule has 0 amide bonds. The van der Waals surface area contributed by atoms with E-state index >= 15 is 0 Å². The van der Waals surface area contributed by atoms with Crippen LogP contribution in [-0.4, -0.2) is 14.9 Å². The third-order valence-electron chi connectivity index (χ3n) is 3.08. The summed E-state index contributed by atoms with van der Waals surface area (Å²) in [6.07, 6.45) is 1.54. The smallest absolute Gasteiger partial charge is 0.305 e. The molecule has 6 nitrogen and oxygen atoms in total. The molecule has 1 unspecified atom stereocenters. The van der Waals surface area contributed by atoms with Gasteiger partial charge in [-0.2, -0.15) is 4.39 Å². The summed E-state index contributed by atoms with van der Waals surface area (Å²) in [5.41, 5.74) is 6.47. The molecule has 0 aliphatic rings. The van der Waals surface area contributed by atoms with Gasteiger partial charge in [-0.1, -0.05) is 13.8 Å². The summed E-state index contributed by atoms with van der Waals surface area (Å²) in [4.78, 5) is 17.2. The molecule has 0 aliphatic heterocycles. The molecule has 0 saturated carbocycles. The summed E-state index contributed by atoms with van der Waals surface area (Å²) >= 11 is 0. The van der Waals surface area contributed by atoms with Crippen molar-refractivity contribution in [3.63, 3.8) is 0 Å². The second-order valence-electron chi connectivity index (χ2n) is 4.88. The SMILES string of the molecule is CC(C)C(N)c1ncc(-c2ccc(F)c([N+](=O)[O-])c2)[nH]1. The van der Waals surface area contributed by atoms with Crippen LogP contribution in [0.25, 0.3) is 11.3 Å². The van der Waals surface area contributed by atoms with E-state index in [1.807, 2.05) is 13.8 Å². The van der Waals surface area contributed by atoms with Crippen molar-refractivity contribution < 1.29 is 9.31 Å². The Labute approximate surface area is 115 Å². The zero-order valence-corrected chi connectivity index (χ0v) is 11.1. The van der Waals surface area contributed by atoms with Crippen LogP contribution < -0.4 is 5.73 Å². The van der Waals surface area contributed by atoms with Crippen LogP contribution in [0, 0.1) is 21.8 Å². The summed E-state index contributed by atoms with van der Waals surface area (Å²) in [6, 6.07) is 3.45. The normalized spacial score (nSPS) is 12.7. The second-order valence-corrected chi connectivity index (χ2v) is 4.88. The number of halogens is 1. The number of rotatable bonds is 4. The molecule has 3 N–H and O–H groups in total. The number of aromatic nitrogens is 2. The number of aromatic amines is 1. The molecule has 7 heteroatoms. The molecule has 0 saturated heterocycles. The fourth-order valence-electron chi connectivity index (χ4n) is 1.79. The van der Waals surface area contributed by atoms with E-state index in [1.54, 1.807) is 0 Å². The standard InChI is InChI=1S/C13H15FN4O2/c1-7(2)12(15)13-16-6-10(17-13)8-3-4-9(14)11(5-8)18(19)20/h3-7,12H,15H2,1-2H3,(H,16,17). The quantitative estimate of drug-likeness (QED) is 0.663. The Bertz CT molecular complexity index is 639. The first-order chi connectivity index (χ1) is 9.40. The maximum Gasteiger partial charge on any atom is 0.305 e. The van der Waals surface area contributed by atoms with Crippen LogP contribution in [0.15, 0.2) is 24.4 Å². The number of nitro benzene ring substituents is 1. The van der Waals surface area contributed by atoms with Crippen molar-refractivity contribution in [2.24, 2.45) is 11.7 Å². The lowest BCUT2D eigenvalue weighted by atomic mass is 10.1. The lowest BCUT2D eigenvalue weighted by molar-refractivity contribution is -0.387. The van der Waals surface area contributed by atoms with Gasteiger partial charge in [-0.15, -0.1) is 0 Å². The number of H-pyrrole nitrogens is 1. The summed E-state index contributed by atoms with van der Waals surface area (Å²) in [5, 5.41) is 10.7. The van der Waals surface area contributed by atoms with E-state index in [0.717, 1.165) is 6.07 Å². The van der Waals surface area contributed by atoms with Gasteiger partial charge in [0, 0.05) is 11.6 Å². The van der Waals surface area contributed by atoms with Gasteiger partial charge >= 0.3 is 5.69 Å². The third-order valence-corrected chi connectivity index (χ3v) is 3.08. The average Bonchev–Trinajstić information content (AvgIpc) is 2.87. The number of imidazole rings is 1. The van der Waals surface area contributed by atoms with Crippen molar-refractivity contribution in [2.75, 3.05) is 0 Å². The molecular formula is C13H15FN4O2. The van der Waals surface area contributed by atoms with E-state index in [-0.39, 0.29) is 12.0 Å². The van der Waals surface area contributed by atoms with E-state index in [4.69, 9.17) is 5.73 Å². The number of benzene rings is 1. The Morgan fingerprint density at radius 3 is 2.75 bits per heavy atom. The minimum atomic E-state index is -0.864. The molecule has 1 atom stereocenters. The van der Waals surface area contributed by atoms with E-state index < -0.39 is 16.4 Å². The highest BCUT2D eigenvalue weighted by Crippen LogP contribution is 2.26. The first kappa shape index (κ1) is 14.1. The predicted octanol–water partition coefficient (Wildman–Crippen LogP) is 2.78. The lowest BCUT2D eigenvalue weighted by Gasteiger charge is -2.12. The molecule has 0 spiro atoms.